The van der Waals surface area contributed by atoms with E-state index in [-0.39, 0.29) is 7.43 Å². The van der Waals surface area contributed by atoms with Crippen molar-refractivity contribution in [2.75, 3.05) is 26.2 Å². The van der Waals surface area contributed by atoms with E-state index in [1.807, 2.05) is 0 Å². The van der Waals surface area contributed by atoms with Gasteiger partial charge in [-0.15, -0.1) is 13.1 Å². The summed E-state index contributed by atoms with van der Waals surface area (Å²) in [6, 6.07) is 9.21. The molecule has 2 aliphatic carbocycles. The molecule has 6 heteroatoms. The van der Waals surface area contributed by atoms with Crippen LogP contribution in [0, 0.1) is 38.0 Å². The van der Waals surface area contributed by atoms with Crippen LogP contribution in [0.25, 0.3) is 10.9 Å². The van der Waals surface area contributed by atoms with Crippen molar-refractivity contribution in [3.05, 3.63) is 66.4 Å². The van der Waals surface area contributed by atoms with Gasteiger partial charge in [0.15, 0.2) is 0 Å². The van der Waals surface area contributed by atoms with Crippen molar-refractivity contribution in [1.29, 1.82) is 0 Å². The fourth-order valence-corrected chi connectivity index (χ4v) is 10.9. The van der Waals surface area contributed by atoms with E-state index >= 15 is 0 Å². The summed E-state index contributed by atoms with van der Waals surface area (Å²) in [7, 11) is 8.23. The molecular weight excluding hydrogens is 487 g/mol. The predicted octanol–water partition coefficient (Wildman–Crippen LogP) is 7.95. The van der Waals surface area contributed by atoms with Gasteiger partial charge < -0.3 is 17.3 Å². The third-order valence-corrected chi connectivity index (χ3v) is 12.3. The molecule has 1 saturated heterocycles. The van der Waals surface area contributed by atoms with Crippen molar-refractivity contribution >= 4 is 32.4 Å². The number of aryl methyl sites for hydroxylation is 1. The first-order valence-electron chi connectivity index (χ1n) is 11.6. The summed E-state index contributed by atoms with van der Waals surface area (Å²) in [4.78, 5) is 0. The van der Waals surface area contributed by atoms with E-state index in [1.165, 1.54) is 30.6 Å². The summed E-state index contributed by atoms with van der Waals surface area (Å²) < 4.78 is 2.88. The molecule has 4 rings (SSSR count). The molecule has 3 aliphatic rings. The molecular formula is C26H40Cl2N2SiTi-2. The Morgan fingerprint density at radius 2 is 1.69 bits per heavy atom. The van der Waals surface area contributed by atoms with Crippen molar-refractivity contribution < 1.29 is 17.0 Å². The van der Waals surface area contributed by atoms with Gasteiger partial charge >= 0.3 is 35.6 Å². The Balaban J connectivity index is 0.000000860. The van der Waals surface area contributed by atoms with E-state index in [0.717, 1.165) is 30.5 Å². The van der Waals surface area contributed by atoms with Crippen LogP contribution in [0.4, 0.5) is 0 Å². The van der Waals surface area contributed by atoms with Crippen LogP contribution in [0.15, 0.2) is 42.5 Å². The first-order valence-corrected chi connectivity index (χ1v) is 18.9. The van der Waals surface area contributed by atoms with Crippen molar-refractivity contribution in [2.24, 2.45) is 23.7 Å². The molecule has 1 saturated carbocycles. The fraction of sp³-hybridized carbons (Fsp3) is 0.577. The van der Waals surface area contributed by atoms with Crippen LogP contribution in [-0.4, -0.2) is 39.0 Å². The van der Waals surface area contributed by atoms with Gasteiger partial charge in [-0.2, -0.15) is 0 Å². The molecule has 32 heavy (non-hydrogen) atoms. The van der Waals surface area contributed by atoms with Gasteiger partial charge in [0.2, 0.25) is 0 Å². The van der Waals surface area contributed by atoms with E-state index < -0.39 is 25.3 Å². The second-order valence-corrected chi connectivity index (χ2v) is 17.3. The molecule has 4 atom stereocenters. The molecule has 0 aromatic heterocycles. The zero-order chi connectivity index (χ0) is 22.6. The minimum absolute atomic E-state index is 0. The summed E-state index contributed by atoms with van der Waals surface area (Å²) in [6.07, 6.45) is 8.69. The first kappa shape index (κ1) is 28.4. The second-order valence-electron chi connectivity index (χ2n) is 10.1. The third-order valence-electron chi connectivity index (χ3n) is 7.80. The van der Waals surface area contributed by atoms with Crippen LogP contribution >= 0.6 is 18.6 Å². The van der Waals surface area contributed by atoms with Gasteiger partial charge in [0.25, 0.3) is 0 Å². The number of halogens is 2. The molecule has 0 spiro atoms. The molecule has 0 bridgehead atoms. The van der Waals surface area contributed by atoms with Crippen LogP contribution in [0.5, 0.6) is 0 Å². The van der Waals surface area contributed by atoms with E-state index in [4.69, 9.17) is 18.6 Å². The molecule has 0 amide bonds. The quantitative estimate of drug-likeness (QED) is 0.287. The summed E-state index contributed by atoms with van der Waals surface area (Å²) in [6.45, 7) is 16.8. The van der Waals surface area contributed by atoms with Crippen LogP contribution in [-0.2, 0) is 17.0 Å². The average Bonchev–Trinajstić information content (AvgIpc) is 3.17. The van der Waals surface area contributed by atoms with Gasteiger partial charge in [-0.25, -0.2) is 0 Å². The molecule has 178 valence electrons. The Bertz CT molecular complexity index is 773. The van der Waals surface area contributed by atoms with Gasteiger partial charge in [0.1, 0.15) is 8.24 Å². The Morgan fingerprint density at radius 1 is 1.09 bits per heavy atom. The maximum atomic E-state index is 4.89. The van der Waals surface area contributed by atoms with Crippen molar-refractivity contribution in [3.63, 3.8) is 0 Å². The second kappa shape index (κ2) is 12.7. The Hall–Kier alpha value is 0.131. The molecule has 1 aromatic rings. The van der Waals surface area contributed by atoms with Crippen LogP contribution in [0.2, 0.25) is 18.6 Å². The molecule has 1 aliphatic heterocycles. The van der Waals surface area contributed by atoms with Crippen LogP contribution < -0.4 is 0 Å². The standard InChI is InChI=1S/C25H37N2Si.CH3.2ClH.Ti/c1-18(2)23-17-24-21(20-11-9-19(3)10-12-20)7-6-8-22(24)25(23)28(4,5)27-15-13-26-14-16-27;;;;/h6-12,18,22-25H,13-17H2,1-5H3;1H3;2*1H;/q2*-1;;;+2/p-2. The van der Waals surface area contributed by atoms with Gasteiger partial charge in [-0.3, -0.25) is 0 Å². The Kier molecular flexibility index (Phi) is 11.3. The van der Waals surface area contributed by atoms with E-state index in [9.17, 15) is 0 Å². The number of rotatable bonds is 4. The fourth-order valence-electron chi connectivity index (χ4n) is 6.26. The normalized spacial score (nSPS) is 27.7. The zero-order valence-corrected chi connectivity index (χ0v) is 24.7. The number of allylic oxidation sites excluding steroid dienone is 4. The molecule has 4 unspecified atom stereocenters. The number of fused-ring (bicyclic) bond motifs is 1. The molecule has 2 fully saturated rings. The maximum absolute atomic E-state index is 4.89. The first-order chi connectivity index (χ1) is 14.8. The molecule has 0 radical (unpaired) electrons. The zero-order valence-electron chi connectivity index (χ0n) is 20.6. The van der Waals surface area contributed by atoms with E-state index in [0.29, 0.717) is 11.8 Å². The number of hydrogen-bond donors (Lipinski definition) is 0. The monoisotopic (exact) mass is 526 g/mol. The van der Waals surface area contributed by atoms with Gasteiger partial charge in [-0.1, -0.05) is 75.0 Å². The van der Waals surface area contributed by atoms with Crippen LogP contribution in [0.3, 0.4) is 0 Å². The molecule has 1 aromatic carbocycles. The van der Waals surface area contributed by atoms with Crippen LogP contribution in [0.1, 0.15) is 31.4 Å². The summed E-state index contributed by atoms with van der Waals surface area (Å²) in [5, 5.41) is 4.62. The third kappa shape index (κ3) is 6.22. The van der Waals surface area contributed by atoms with Crippen molar-refractivity contribution in [1.82, 2.24) is 4.57 Å². The molecule has 0 N–H and O–H groups in total. The predicted molar refractivity (Wildman–Crippen MR) is 142 cm³/mol. The number of nitrogens with zero attached hydrogens (tertiary/aromatic N) is 2. The molecule has 2 nitrogen and oxygen atoms in total. The number of hydrogen-bond acceptors (Lipinski definition) is 1. The number of piperazine rings is 1. The van der Waals surface area contributed by atoms with Gasteiger partial charge in [0, 0.05) is 0 Å². The van der Waals surface area contributed by atoms with Gasteiger partial charge in [0.05, 0.1) is 0 Å². The summed E-state index contributed by atoms with van der Waals surface area (Å²) >= 11 is -0.556. The number of benzene rings is 1. The minimum atomic E-state index is -1.55. The van der Waals surface area contributed by atoms with Crippen molar-refractivity contribution in [2.45, 2.75) is 45.8 Å². The van der Waals surface area contributed by atoms with Gasteiger partial charge in [-0.05, 0) is 66.8 Å². The average molecular weight is 527 g/mol. The molecule has 1 heterocycles. The summed E-state index contributed by atoms with van der Waals surface area (Å²) in [5.74, 6) is 2.97. The SMILES string of the molecule is Cc1ccc(C2=CC=CC3C2CC(C(C)C)C3[Si](C)(C)N2CC[N-]CC2)cc1.[CH3-].[Cl][Ti][Cl]. The Morgan fingerprint density at radius 3 is 2.25 bits per heavy atom. The van der Waals surface area contributed by atoms with E-state index in [1.54, 1.807) is 5.57 Å². The van der Waals surface area contributed by atoms with E-state index in [2.05, 4.69) is 86.2 Å². The Labute approximate surface area is 215 Å². The summed E-state index contributed by atoms with van der Waals surface area (Å²) in [5.41, 5.74) is 5.20. The van der Waals surface area contributed by atoms with Crippen molar-refractivity contribution in [3.8, 4) is 0 Å². The topological polar surface area (TPSA) is 17.3 Å².